The van der Waals surface area contributed by atoms with Gasteiger partial charge in [-0.05, 0) is 37.3 Å². The molecule has 0 radical (unpaired) electrons. The Morgan fingerprint density at radius 2 is 2.27 bits per heavy atom. The van der Waals surface area contributed by atoms with Gasteiger partial charge in [0.05, 0.1) is 18.8 Å². The van der Waals surface area contributed by atoms with E-state index in [-0.39, 0.29) is 5.91 Å². The summed E-state index contributed by atoms with van der Waals surface area (Å²) in [4.78, 5) is 19.0. The highest BCUT2D eigenvalue weighted by atomic mass is 32.2. The van der Waals surface area contributed by atoms with Crippen molar-refractivity contribution < 1.29 is 9.53 Å². The van der Waals surface area contributed by atoms with Gasteiger partial charge in [-0.2, -0.15) is 0 Å². The number of ether oxygens (including phenoxy) is 1. The summed E-state index contributed by atoms with van der Waals surface area (Å²) in [5.41, 5.74) is 0.687. The Hall–Kier alpha value is -1.11. The highest BCUT2D eigenvalue weighted by Crippen LogP contribution is 2.20. The number of nitrogens with one attached hydrogen (secondary N) is 1. The van der Waals surface area contributed by atoms with Crippen LogP contribution in [0.15, 0.2) is 23.4 Å². The van der Waals surface area contributed by atoms with E-state index in [4.69, 9.17) is 4.74 Å². The van der Waals surface area contributed by atoms with Gasteiger partial charge in [0.25, 0.3) is 5.91 Å². The Bertz CT molecular complexity index is 464. The van der Waals surface area contributed by atoms with E-state index in [1.807, 2.05) is 12.1 Å². The third kappa shape index (κ3) is 5.59. The van der Waals surface area contributed by atoms with E-state index in [2.05, 4.69) is 22.1 Å². The third-order valence-corrected chi connectivity index (χ3v) is 4.71. The lowest BCUT2D eigenvalue weighted by Gasteiger charge is -2.26. The van der Waals surface area contributed by atoms with Gasteiger partial charge in [-0.25, -0.2) is 4.98 Å². The number of carbonyl (C=O) groups excluding carboxylic acids is 1. The van der Waals surface area contributed by atoms with Crippen LogP contribution in [0.1, 0.15) is 30.1 Å². The second-order valence-electron chi connectivity index (χ2n) is 5.27. The van der Waals surface area contributed by atoms with Crippen LogP contribution in [0.4, 0.5) is 0 Å². The largest absolute Gasteiger partial charge is 0.379 e. The number of hydrogen-bond acceptors (Lipinski definition) is 5. The van der Waals surface area contributed by atoms with Crippen molar-refractivity contribution in [1.29, 1.82) is 0 Å². The van der Waals surface area contributed by atoms with Crippen molar-refractivity contribution in [2.45, 2.75) is 24.8 Å². The Morgan fingerprint density at radius 1 is 1.45 bits per heavy atom. The molecule has 0 spiro atoms. The predicted octanol–water partition coefficient (Wildman–Crippen LogP) is 2.04. The molecule has 1 amide bonds. The Balaban J connectivity index is 1.74. The van der Waals surface area contributed by atoms with Crippen molar-refractivity contribution in [3.63, 3.8) is 0 Å². The summed E-state index contributed by atoms with van der Waals surface area (Å²) in [5, 5.41) is 3.83. The molecule has 0 aromatic carbocycles. The van der Waals surface area contributed by atoms with E-state index in [1.165, 1.54) is 0 Å². The summed E-state index contributed by atoms with van der Waals surface area (Å²) >= 11 is 1.64. The minimum atomic E-state index is -0.0197. The van der Waals surface area contributed by atoms with Gasteiger partial charge in [-0.15, -0.1) is 11.8 Å². The molecule has 0 bridgehead atoms. The lowest BCUT2D eigenvalue weighted by Crippen LogP contribution is -2.38. The maximum atomic E-state index is 12.3. The van der Waals surface area contributed by atoms with Crippen LogP contribution in [0.2, 0.25) is 0 Å². The molecule has 22 heavy (non-hydrogen) atoms. The fourth-order valence-electron chi connectivity index (χ4n) is 2.30. The van der Waals surface area contributed by atoms with Crippen molar-refractivity contribution in [2.75, 3.05) is 45.1 Å². The molecule has 122 valence electrons. The normalized spacial score (nSPS) is 15.7. The maximum Gasteiger partial charge on any atom is 0.254 e. The highest BCUT2D eigenvalue weighted by molar-refractivity contribution is 7.99. The van der Waals surface area contributed by atoms with E-state index in [1.54, 1.807) is 18.0 Å². The number of pyridine rings is 1. The first kappa shape index (κ1) is 17.2. The molecule has 2 heterocycles. The predicted molar refractivity (Wildman–Crippen MR) is 89.5 cm³/mol. The first-order valence-corrected chi connectivity index (χ1v) is 8.96. The molecule has 1 N–H and O–H groups in total. The zero-order valence-electron chi connectivity index (χ0n) is 13.2. The van der Waals surface area contributed by atoms with Crippen molar-refractivity contribution in [3.8, 4) is 0 Å². The second-order valence-corrected chi connectivity index (χ2v) is 6.35. The monoisotopic (exact) mass is 323 g/mol. The number of amides is 1. The molecule has 0 saturated carbocycles. The van der Waals surface area contributed by atoms with Crippen LogP contribution in [-0.2, 0) is 4.74 Å². The van der Waals surface area contributed by atoms with Crippen LogP contribution < -0.4 is 5.32 Å². The lowest BCUT2D eigenvalue weighted by atomic mass is 10.2. The molecular weight excluding hydrogens is 298 g/mol. The van der Waals surface area contributed by atoms with Gasteiger partial charge in [-0.3, -0.25) is 9.69 Å². The number of rotatable bonds is 8. The lowest BCUT2D eigenvalue weighted by molar-refractivity contribution is 0.0374. The van der Waals surface area contributed by atoms with Crippen LogP contribution in [0.5, 0.6) is 0 Å². The SMILES string of the molecule is CCCSc1ncccc1C(=O)NCCCN1CCOCC1. The summed E-state index contributed by atoms with van der Waals surface area (Å²) in [7, 11) is 0. The van der Waals surface area contributed by atoms with Crippen molar-refractivity contribution >= 4 is 17.7 Å². The van der Waals surface area contributed by atoms with Gasteiger partial charge in [0.15, 0.2) is 0 Å². The van der Waals surface area contributed by atoms with Gasteiger partial charge in [0, 0.05) is 25.8 Å². The molecule has 5 nitrogen and oxygen atoms in total. The Labute approximate surface area is 136 Å². The van der Waals surface area contributed by atoms with Crippen LogP contribution in [-0.4, -0.2) is 60.9 Å². The fourth-order valence-corrected chi connectivity index (χ4v) is 3.15. The van der Waals surface area contributed by atoms with Gasteiger partial charge in [0.1, 0.15) is 5.03 Å². The van der Waals surface area contributed by atoms with Gasteiger partial charge in [0.2, 0.25) is 0 Å². The average molecular weight is 323 g/mol. The van der Waals surface area contributed by atoms with Crippen molar-refractivity contribution in [2.24, 2.45) is 0 Å². The molecule has 2 rings (SSSR count). The molecule has 1 aliphatic heterocycles. The van der Waals surface area contributed by atoms with Crippen LogP contribution >= 0.6 is 11.8 Å². The number of aromatic nitrogens is 1. The van der Waals surface area contributed by atoms with E-state index in [9.17, 15) is 4.79 Å². The Kier molecular flexibility index (Phi) is 7.70. The molecule has 0 aliphatic carbocycles. The van der Waals surface area contributed by atoms with E-state index < -0.39 is 0 Å². The Morgan fingerprint density at radius 3 is 3.05 bits per heavy atom. The van der Waals surface area contributed by atoms with Crippen LogP contribution in [0.3, 0.4) is 0 Å². The summed E-state index contributed by atoms with van der Waals surface area (Å²) < 4.78 is 5.33. The van der Waals surface area contributed by atoms with Gasteiger partial charge < -0.3 is 10.1 Å². The first-order valence-electron chi connectivity index (χ1n) is 7.97. The summed E-state index contributed by atoms with van der Waals surface area (Å²) in [6, 6.07) is 3.67. The van der Waals surface area contributed by atoms with Gasteiger partial charge in [-0.1, -0.05) is 6.92 Å². The third-order valence-electron chi connectivity index (χ3n) is 3.50. The standard InChI is InChI=1S/C16H25N3O2S/c1-2-13-22-16-14(5-3-6-18-16)15(20)17-7-4-8-19-9-11-21-12-10-19/h3,5-6H,2,4,7-13H2,1H3,(H,17,20). The number of morpholine rings is 1. The first-order chi connectivity index (χ1) is 10.8. The zero-order valence-corrected chi connectivity index (χ0v) is 14.0. The number of carbonyl (C=O) groups is 1. The molecular formula is C16H25N3O2S. The summed E-state index contributed by atoms with van der Waals surface area (Å²) in [5.74, 6) is 0.961. The molecule has 1 saturated heterocycles. The van der Waals surface area contributed by atoms with Crippen molar-refractivity contribution in [3.05, 3.63) is 23.9 Å². The number of nitrogens with zero attached hydrogens (tertiary/aromatic N) is 2. The minimum absolute atomic E-state index is 0.0197. The molecule has 0 unspecified atom stereocenters. The van der Waals surface area contributed by atoms with Crippen molar-refractivity contribution in [1.82, 2.24) is 15.2 Å². The maximum absolute atomic E-state index is 12.3. The summed E-state index contributed by atoms with van der Waals surface area (Å²) in [6.07, 6.45) is 3.78. The van der Waals surface area contributed by atoms with Crippen LogP contribution in [0, 0.1) is 0 Å². The highest BCUT2D eigenvalue weighted by Gasteiger charge is 2.13. The number of thioether (sulfide) groups is 1. The number of hydrogen-bond donors (Lipinski definition) is 1. The van der Waals surface area contributed by atoms with Crippen LogP contribution in [0.25, 0.3) is 0 Å². The smallest absolute Gasteiger partial charge is 0.254 e. The summed E-state index contributed by atoms with van der Waals surface area (Å²) in [6.45, 7) is 7.46. The molecule has 1 aliphatic rings. The van der Waals surface area contributed by atoms with E-state index in [0.717, 1.165) is 56.5 Å². The molecule has 6 heteroatoms. The minimum Gasteiger partial charge on any atom is -0.379 e. The zero-order chi connectivity index (χ0) is 15.6. The van der Waals surface area contributed by atoms with E-state index >= 15 is 0 Å². The molecule has 1 fully saturated rings. The topological polar surface area (TPSA) is 54.5 Å². The molecule has 1 aromatic heterocycles. The quantitative estimate of drug-likeness (QED) is 0.586. The average Bonchev–Trinajstić information content (AvgIpc) is 2.58. The van der Waals surface area contributed by atoms with Gasteiger partial charge >= 0.3 is 0 Å². The fraction of sp³-hybridized carbons (Fsp3) is 0.625. The molecule has 1 aromatic rings. The molecule has 0 atom stereocenters. The second kappa shape index (κ2) is 9.82. The van der Waals surface area contributed by atoms with E-state index in [0.29, 0.717) is 12.1 Å².